The molecular formula is C25H32ClN5O3S. The first kappa shape index (κ1) is 25.6. The largest absolute Gasteiger partial charge is 0.465 e. The summed E-state index contributed by atoms with van der Waals surface area (Å²) < 4.78 is 0. The second kappa shape index (κ2) is 10.2. The number of rotatable bonds is 5. The average molecular weight is 518 g/mol. The lowest BCUT2D eigenvalue weighted by Crippen LogP contribution is -2.58. The molecule has 1 aromatic carbocycles. The molecule has 1 saturated heterocycles. The molecule has 0 radical (unpaired) electrons. The van der Waals surface area contributed by atoms with E-state index >= 15 is 0 Å². The molecule has 0 spiro atoms. The summed E-state index contributed by atoms with van der Waals surface area (Å²) in [6, 6.07) is 6.37. The Kier molecular flexibility index (Phi) is 7.47. The second-order valence-corrected chi connectivity index (χ2v) is 11.9. The van der Waals surface area contributed by atoms with E-state index in [2.05, 4.69) is 27.1 Å². The van der Waals surface area contributed by atoms with Gasteiger partial charge in [0, 0.05) is 53.7 Å². The van der Waals surface area contributed by atoms with Gasteiger partial charge in [0.2, 0.25) is 5.91 Å². The van der Waals surface area contributed by atoms with Gasteiger partial charge in [-0.2, -0.15) is 0 Å². The number of hydrogen-bond donors (Lipinski definition) is 2. The molecule has 3 heterocycles. The molecule has 10 heteroatoms. The number of halogens is 1. The van der Waals surface area contributed by atoms with Gasteiger partial charge in [-0.15, -0.1) is 11.8 Å². The van der Waals surface area contributed by atoms with Gasteiger partial charge >= 0.3 is 6.09 Å². The Morgan fingerprint density at radius 3 is 2.40 bits per heavy atom. The molecular weight excluding hydrogens is 486 g/mol. The minimum atomic E-state index is -1.21. The highest BCUT2D eigenvalue weighted by Gasteiger charge is 2.41. The van der Waals surface area contributed by atoms with Gasteiger partial charge in [0.25, 0.3) is 0 Å². The average Bonchev–Trinajstić information content (AvgIpc) is 3.19. The fourth-order valence-electron chi connectivity index (χ4n) is 5.11. The number of carboxylic acid groups (broad SMARTS) is 1. The quantitative estimate of drug-likeness (QED) is 0.600. The van der Waals surface area contributed by atoms with Crippen molar-refractivity contribution in [2.24, 2.45) is 5.41 Å². The van der Waals surface area contributed by atoms with Crippen molar-refractivity contribution in [1.29, 1.82) is 0 Å². The molecule has 2 aliphatic rings. The Hall–Kier alpha value is -2.52. The highest BCUT2D eigenvalue weighted by atomic mass is 35.5. The Bertz CT molecular complexity index is 1080. The summed E-state index contributed by atoms with van der Waals surface area (Å²) in [4.78, 5) is 38.5. The number of hydrogen-bond acceptors (Lipinski definition) is 6. The number of piperazine rings is 1. The first-order valence-corrected chi connectivity index (χ1v) is 13.2. The Morgan fingerprint density at radius 1 is 1.14 bits per heavy atom. The van der Waals surface area contributed by atoms with Gasteiger partial charge in [-0.3, -0.25) is 4.79 Å². The lowest BCUT2D eigenvalue weighted by molar-refractivity contribution is -0.135. The van der Waals surface area contributed by atoms with Crippen molar-refractivity contribution in [3.05, 3.63) is 52.4 Å². The summed E-state index contributed by atoms with van der Waals surface area (Å²) in [5, 5.41) is 13.1. The number of nitrogens with zero attached hydrogens (tertiary/aromatic N) is 4. The van der Waals surface area contributed by atoms with E-state index < -0.39 is 12.1 Å². The van der Waals surface area contributed by atoms with Crippen LogP contribution in [0.1, 0.15) is 55.7 Å². The van der Waals surface area contributed by atoms with E-state index in [1.54, 1.807) is 23.4 Å². The van der Waals surface area contributed by atoms with E-state index in [-0.39, 0.29) is 17.2 Å². The van der Waals surface area contributed by atoms with Crippen molar-refractivity contribution < 1.29 is 14.7 Å². The monoisotopic (exact) mass is 517 g/mol. The Morgan fingerprint density at radius 2 is 1.80 bits per heavy atom. The molecule has 35 heavy (non-hydrogen) atoms. The molecule has 2 amide bonds. The third kappa shape index (κ3) is 5.51. The van der Waals surface area contributed by atoms with Gasteiger partial charge in [0.15, 0.2) is 0 Å². The van der Waals surface area contributed by atoms with Crippen LogP contribution in [0.3, 0.4) is 0 Å². The van der Waals surface area contributed by atoms with E-state index in [4.69, 9.17) is 11.6 Å². The zero-order chi connectivity index (χ0) is 25.3. The zero-order valence-corrected chi connectivity index (χ0v) is 22.1. The summed E-state index contributed by atoms with van der Waals surface area (Å²) in [5.41, 5.74) is 2.77. The lowest BCUT2D eigenvalue weighted by Gasteiger charge is -2.41. The van der Waals surface area contributed by atoms with E-state index in [9.17, 15) is 14.7 Å². The number of carbonyl (C=O) groups is 2. The molecule has 3 atom stereocenters. The van der Waals surface area contributed by atoms with Crippen LogP contribution < -0.4 is 10.2 Å². The molecule has 0 saturated carbocycles. The third-order valence-electron chi connectivity index (χ3n) is 6.75. The molecule has 1 fully saturated rings. The highest BCUT2D eigenvalue weighted by Crippen LogP contribution is 2.44. The SMILES string of the molecule is CC1SCc2ncnc(N3CCN(C(=O)[C@H](NC(=O)O)C(c4ccc(Cl)cc4)C(C)(C)C)CC3)c21. The number of nitrogens with one attached hydrogen (secondary N) is 1. The van der Waals surface area contributed by atoms with Crippen molar-refractivity contribution in [1.82, 2.24) is 20.2 Å². The van der Waals surface area contributed by atoms with Gasteiger partial charge in [0.05, 0.1) is 5.69 Å². The van der Waals surface area contributed by atoms with Crippen LogP contribution in [0.2, 0.25) is 5.02 Å². The minimum Gasteiger partial charge on any atom is -0.465 e. The fourth-order valence-corrected chi connectivity index (χ4v) is 6.28. The summed E-state index contributed by atoms with van der Waals surface area (Å²) in [7, 11) is 0. The van der Waals surface area contributed by atoms with Crippen LogP contribution in [0.15, 0.2) is 30.6 Å². The molecule has 0 aliphatic carbocycles. The maximum Gasteiger partial charge on any atom is 0.405 e. The predicted octanol–water partition coefficient (Wildman–Crippen LogP) is 4.55. The Labute approximate surface area is 215 Å². The number of aromatic nitrogens is 2. The van der Waals surface area contributed by atoms with Crippen LogP contribution in [0.25, 0.3) is 0 Å². The van der Waals surface area contributed by atoms with Crippen molar-refractivity contribution in [2.75, 3.05) is 31.1 Å². The summed E-state index contributed by atoms with van der Waals surface area (Å²) >= 11 is 7.94. The van der Waals surface area contributed by atoms with Crippen molar-refractivity contribution in [2.45, 2.75) is 50.7 Å². The lowest BCUT2D eigenvalue weighted by atomic mass is 9.72. The highest BCUT2D eigenvalue weighted by molar-refractivity contribution is 7.99. The van der Waals surface area contributed by atoms with Gasteiger partial charge in [-0.05, 0) is 30.0 Å². The summed E-state index contributed by atoms with van der Waals surface area (Å²) in [6.45, 7) is 10.5. The van der Waals surface area contributed by atoms with Crippen LogP contribution in [0, 0.1) is 5.41 Å². The number of thioether (sulfide) groups is 1. The van der Waals surface area contributed by atoms with Crippen molar-refractivity contribution >= 4 is 41.2 Å². The molecule has 2 aliphatic heterocycles. The van der Waals surface area contributed by atoms with Gasteiger partial charge < -0.3 is 20.2 Å². The van der Waals surface area contributed by atoms with Crippen LogP contribution in [-0.2, 0) is 10.5 Å². The van der Waals surface area contributed by atoms with Crippen LogP contribution in [0.5, 0.6) is 0 Å². The van der Waals surface area contributed by atoms with E-state index in [0.717, 1.165) is 22.8 Å². The maximum absolute atomic E-state index is 13.8. The molecule has 2 N–H and O–H groups in total. The normalized spacial score (nSPS) is 19.7. The predicted molar refractivity (Wildman–Crippen MR) is 139 cm³/mol. The maximum atomic E-state index is 13.8. The zero-order valence-electron chi connectivity index (χ0n) is 20.5. The van der Waals surface area contributed by atoms with Gasteiger partial charge in [0.1, 0.15) is 18.2 Å². The van der Waals surface area contributed by atoms with E-state index in [1.165, 1.54) is 5.56 Å². The summed E-state index contributed by atoms with van der Waals surface area (Å²) in [5.74, 6) is 1.27. The molecule has 2 aromatic rings. The van der Waals surface area contributed by atoms with Gasteiger partial charge in [-0.1, -0.05) is 44.5 Å². The molecule has 188 valence electrons. The molecule has 1 aromatic heterocycles. The summed E-state index contributed by atoms with van der Waals surface area (Å²) in [6.07, 6.45) is 0.408. The third-order valence-corrected chi connectivity index (χ3v) is 8.18. The van der Waals surface area contributed by atoms with Gasteiger partial charge in [-0.25, -0.2) is 14.8 Å². The number of amides is 2. The first-order valence-electron chi connectivity index (χ1n) is 11.8. The van der Waals surface area contributed by atoms with Crippen LogP contribution in [0.4, 0.5) is 10.6 Å². The smallest absolute Gasteiger partial charge is 0.405 e. The number of anilines is 1. The topological polar surface area (TPSA) is 98.7 Å². The van der Waals surface area contributed by atoms with Crippen LogP contribution in [-0.4, -0.2) is 64.2 Å². The molecule has 8 nitrogen and oxygen atoms in total. The first-order chi connectivity index (χ1) is 16.6. The van der Waals surface area contributed by atoms with Crippen molar-refractivity contribution in [3.8, 4) is 0 Å². The minimum absolute atomic E-state index is 0.209. The van der Waals surface area contributed by atoms with E-state index in [0.29, 0.717) is 36.5 Å². The molecule has 4 rings (SSSR count). The number of fused-ring (bicyclic) bond motifs is 1. The standard InChI is InChI=1S/C25H32ClN5O3S/c1-15-19-18(13-35-15)27-14-28-22(19)30-9-11-31(12-10-30)23(32)21(29-24(33)34)20(25(2,3)4)16-5-7-17(26)8-6-16/h5-8,14-15,20-21,29H,9-13H2,1-4H3,(H,33,34)/t15?,20?,21-/m1/s1. The van der Waals surface area contributed by atoms with Crippen molar-refractivity contribution in [3.63, 3.8) is 0 Å². The Balaban J connectivity index is 1.55. The second-order valence-electron chi connectivity index (χ2n) is 10.1. The van der Waals surface area contributed by atoms with Crippen LogP contribution >= 0.6 is 23.4 Å². The van der Waals surface area contributed by atoms with E-state index in [1.807, 2.05) is 44.7 Å². The number of benzene rings is 1. The number of carbonyl (C=O) groups excluding carboxylic acids is 1. The fraction of sp³-hybridized carbons (Fsp3) is 0.520. The molecule has 0 bridgehead atoms. The molecule has 2 unspecified atom stereocenters.